The van der Waals surface area contributed by atoms with E-state index in [0.717, 1.165) is 0 Å². The average Bonchev–Trinajstić information content (AvgIpc) is 2.32. The lowest BCUT2D eigenvalue weighted by atomic mass is 9.80. The van der Waals surface area contributed by atoms with E-state index in [2.05, 4.69) is 5.32 Å². The summed E-state index contributed by atoms with van der Waals surface area (Å²) < 4.78 is 0. The van der Waals surface area contributed by atoms with Gasteiger partial charge < -0.3 is 15.5 Å². The standard InChI is InChI=1S/C11H11NO6/c13-8-4-2-1-3-5(10(15)16)6(4)12-7(9(8)14)11(17)18/h5,7,12H,1-3H2,(H,15,16)(H,17,18). The monoisotopic (exact) mass is 253 g/mol. The highest BCUT2D eigenvalue weighted by Crippen LogP contribution is 2.32. The van der Waals surface area contributed by atoms with Crippen LogP contribution in [0.15, 0.2) is 11.3 Å². The van der Waals surface area contributed by atoms with Crippen molar-refractivity contribution in [1.29, 1.82) is 0 Å². The van der Waals surface area contributed by atoms with E-state index in [-0.39, 0.29) is 11.3 Å². The van der Waals surface area contributed by atoms with Gasteiger partial charge in [-0.05, 0) is 19.3 Å². The number of carbonyl (C=O) groups is 4. The molecule has 0 aromatic rings. The van der Waals surface area contributed by atoms with E-state index in [9.17, 15) is 19.2 Å². The lowest BCUT2D eigenvalue weighted by molar-refractivity contribution is -0.148. The molecule has 7 heteroatoms. The molecule has 0 radical (unpaired) electrons. The summed E-state index contributed by atoms with van der Waals surface area (Å²) in [5.74, 6) is -5.45. The zero-order valence-corrected chi connectivity index (χ0v) is 9.30. The molecular weight excluding hydrogens is 242 g/mol. The molecule has 2 rings (SSSR count). The first-order chi connectivity index (χ1) is 8.43. The van der Waals surface area contributed by atoms with Crippen molar-refractivity contribution in [2.75, 3.05) is 0 Å². The number of allylic oxidation sites excluding steroid dienone is 1. The van der Waals surface area contributed by atoms with Crippen molar-refractivity contribution in [2.24, 2.45) is 5.92 Å². The Kier molecular flexibility index (Phi) is 2.90. The number of Topliss-reactive ketones (excluding diaryl/α,β-unsaturated/α-hetero) is 2. The zero-order valence-electron chi connectivity index (χ0n) is 9.30. The number of nitrogens with one attached hydrogen (secondary N) is 1. The van der Waals surface area contributed by atoms with Crippen LogP contribution < -0.4 is 5.32 Å². The number of hydrogen-bond acceptors (Lipinski definition) is 5. The van der Waals surface area contributed by atoms with E-state index in [1.807, 2.05) is 0 Å². The van der Waals surface area contributed by atoms with Crippen molar-refractivity contribution in [1.82, 2.24) is 5.32 Å². The second-order valence-corrected chi connectivity index (χ2v) is 4.28. The van der Waals surface area contributed by atoms with E-state index in [4.69, 9.17) is 10.2 Å². The molecule has 7 nitrogen and oxygen atoms in total. The van der Waals surface area contributed by atoms with Gasteiger partial charge in [0.25, 0.3) is 0 Å². The van der Waals surface area contributed by atoms with Crippen molar-refractivity contribution < 1.29 is 29.4 Å². The van der Waals surface area contributed by atoms with E-state index < -0.39 is 35.5 Å². The molecule has 96 valence electrons. The van der Waals surface area contributed by atoms with E-state index in [1.165, 1.54) is 0 Å². The third-order valence-electron chi connectivity index (χ3n) is 3.20. The lowest BCUT2D eigenvalue weighted by Gasteiger charge is -2.31. The molecule has 0 saturated heterocycles. The molecule has 1 aliphatic carbocycles. The van der Waals surface area contributed by atoms with Crippen molar-refractivity contribution >= 4 is 23.5 Å². The minimum Gasteiger partial charge on any atom is -0.481 e. The average molecular weight is 253 g/mol. The van der Waals surface area contributed by atoms with Gasteiger partial charge in [-0.2, -0.15) is 0 Å². The molecule has 2 aliphatic rings. The van der Waals surface area contributed by atoms with Gasteiger partial charge in [0, 0.05) is 11.3 Å². The maximum absolute atomic E-state index is 11.7. The maximum Gasteiger partial charge on any atom is 0.334 e. The quantitative estimate of drug-likeness (QED) is 0.440. The zero-order chi connectivity index (χ0) is 13.4. The normalized spacial score (nSPS) is 27.6. The third kappa shape index (κ3) is 1.77. The Morgan fingerprint density at radius 1 is 1.17 bits per heavy atom. The van der Waals surface area contributed by atoms with Gasteiger partial charge in [0.15, 0.2) is 6.04 Å². The molecule has 2 unspecified atom stereocenters. The number of aliphatic carboxylic acids is 2. The molecule has 0 saturated carbocycles. The summed E-state index contributed by atoms with van der Waals surface area (Å²) in [5, 5.41) is 20.3. The van der Waals surface area contributed by atoms with Crippen molar-refractivity contribution in [3.8, 4) is 0 Å². The summed E-state index contributed by atoms with van der Waals surface area (Å²) in [5.41, 5.74) is 0.210. The Labute approximate surface area is 101 Å². The second kappa shape index (κ2) is 4.25. The first kappa shape index (κ1) is 12.3. The molecule has 0 amide bonds. The number of carboxylic acids is 2. The predicted octanol–water partition coefficient (Wildman–Crippen LogP) is -0.680. The summed E-state index contributed by atoms with van der Waals surface area (Å²) in [6.45, 7) is 0. The van der Waals surface area contributed by atoms with E-state index in [0.29, 0.717) is 19.3 Å². The minimum atomic E-state index is -1.67. The van der Waals surface area contributed by atoms with E-state index in [1.54, 1.807) is 0 Å². The van der Waals surface area contributed by atoms with Crippen LogP contribution in [0.4, 0.5) is 0 Å². The Hall–Kier alpha value is -2.18. The molecule has 1 aliphatic heterocycles. The molecule has 0 fully saturated rings. The highest BCUT2D eigenvalue weighted by molar-refractivity contribution is 6.49. The number of hydrogen-bond donors (Lipinski definition) is 3. The molecule has 1 heterocycles. The number of rotatable bonds is 2. The van der Waals surface area contributed by atoms with Crippen molar-refractivity contribution in [3.05, 3.63) is 11.3 Å². The molecule has 2 atom stereocenters. The molecule has 0 spiro atoms. The van der Waals surface area contributed by atoms with Crippen LogP contribution in [-0.4, -0.2) is 39.8 Å². The van der Waals surface area contributed by atoms with Crippen LogP contribution >= 0.6 is 0 Å². The Morgan fingerprint density at radius 3 is 2.39 bits per heavy atom. The third-order valence-corrected chi connectivity index (χ3v) is 3.20. The molecule has 0 aromatic heterocycles. The highest BCUT2D eigenvalue weighted by Gasteiger charge is 2.44. The fourth-order valence-electron chi connectivity index (χ4n) is 2.32. The van der Waals surface area contributed by atoms with Gasteiger partial charge in [-0.1, -0.05) is 0 Å². The lowest BCUT2D eigenvalue weighted by Crippen LogP contribution is -2.53. The van der Waals surface area contributed by atoms with Crippen LogP contribution in [0.3, 0.4) is 0 Å². The minimum absolute atomic E-state index is 0.0887. The molecule has 18 heavy (non-hydrogen) atoms. The van der Waals surface area contributed by atoms with Crippen LogP contribution in [0.2, 0.25) is 0 Å². The van der Waals surface area contributed by atoms with Crippen LogP contribution in [0.5, 0.6) is 0 Å². The van der Waals surface area contributed by atoms with Crippen LogP contribution in [0.25, 0.3) is 0 Å². The maximum atomic E-state index is 11.7. The van der Waals surface area contributed by atoms with Crippen LogP contribution in [0, 0.1) is 5.92 Å². The van der Waals surface area contributed by atoms with Gasteiger partial charge in [0.2, 0.25) is 11.6 Å². The number of carboxylic acid groups (broad SMARTS) is 2. The summed E-state index contributed by atoms with van der Waals surface area (Å²) in [7, 11) is 0. The first-order valence-electron chi connectivity index (χ1n) is 5.47. The van der Waals surface area contributed by atoms with Crippen molar-refractivity contribution in [2.45, 2.75) is 25.3 Å². The largest absolute Gasteiger partial charge is 0.481 e. The Bertz CT molecular complexity index is 492. The van der Waals surface area contributed by atoms with Crippen molar-refractivity contribution in [3.63, 3.8) is 0 Å². The molecular formula is C11H11NO6. The summed E-state index contributed by atoms with van der Waals surface area (Å²) in [6, 6.07) is -1.67. The van der Waals surface area contributed by atoms with Gasteiger partial charge in [-0.25, -0.2) is 4.79 Å². The Morgan fingerprint density at radius 2 is 1.83 bits per heavy atom. The predicted molar refractivity (Wildman–Crippen MR) is 56.6 cm³/mol. The summed E-state index contributed by atoms with van der Waals surface area (Å²) >= 11 is 0. The van der Waals surface area contributed by atoms with Gasteiger partial charge in [0.05, 0.1) is 5.92 Å². The van der Waals surface area contributed by atoms with Gasteiger partial charge in [-0.3, -0.25) is 14.4 Å². The topological polar surface area (TPSA) is 121 Å². The van der Waals surface area contributed by atoms with Crippen LogP contribution in [0.1, 0.15) is 19.3 Å². The molecule has 3 N–H and O–H groups in total. The number of carbonyl (C=O) groups excluding carboxylic acids is 2. The second-order valence-electron chi connectivity index (χ2n) is 4.28. The van der Waals surface area contributed by atoms with Gasteiger partial charge in [0.1, 0.15) is 0 Å². The SMILES string of the molecule is O=C1C(=O)C(C(=O)O)NC2=C1CCCC2C(=O)O. The molecule has 0 aromatic carbocycles. The number of ketones is 2. The summed E-state index contributed by atoms with van der Waals surface area (Å²) in [4.78, 5) is 45.2. The molecule has 0 bridgehead atoms. The smallest absolute Gasteiger partial charge is 0.334 e. The van der Waals surface area contributed by atoms with Gasteiger partial charge >= 0.3 is 11.9 Å². The highest BCUT2D eigenvalue weighted by atomic mass is 16.4. The van der Waals surface area contributed by atoms with Gasteiger partial charge in [-0.15, -0.1) is 0 Å². The fraction of sp³-hybridized carbons (Fsp3) is 0.455. The fourth-order valence-corrected chi connectivity index (χ4v) is 2.32. The Balaban J connectivity index is 2.45. The first-order valence-corrected chi connectivity index (χ1v) is 5.47. The van der Waals surface area contributed by atoms with E-state index >= 15 is 0 Å². The summed E-state index contributed by atoms with van der Waals surface area (Å²) in [6.07, 6.45) is 1.13. The van der Waals surface area contributed by atoms with Crippen LogP contribution in [-0.2, 0) is 19.2 Å².